The van der Waals surface area contributed by atoms with Crippen LogP contribution in [0.5, 0.6) is 5.75 Å². The van der Waals surface area contributed by atoms with Gasteiger partial charge in [0, 0.05) is 0 Å². The van der Waals surface area contributed by atoms with Gasteiger partial charge < -0.3 is 10.5 Å². The Kier molecular flexibility index (Phi) is 4.59. The molecule has 0 saturated heterocycles. The van der Waals surface area contributed by atoms with E-state index >= 15 is 0 Å². The first-order valence-electron chi connectivity index (χ1n) is 4.72. The number of benzene rings is 1. The molecule has 1 rings (SSSR count). The number of nitrogens with one attached hydrogen (secondary N) is 1. The van der Waals surface area contributed by atoms with Gasteiger partial charge in [-0.15, -0.1) is 0 Å². The van der Waals surface area contributed by atoms with Crippen molar-refractivity contribution in [1.82, 2.24) is 5.43 Å². The van der Waals surface area contributed by atoms with Crippen LogP contribution in [0.4, 0.5) is 0 Å². The Morgan fingerprint density at radius 3 is 2.80 bits per heavy atom. The zero-order valence-electron chi connectivity index (χ0n) is 8.40. The Balaban J connectivity index is 2.73. The first-order chi connectivity index (χ1) is 7.29. The van der Waals surface area contributed by atoms with Crippen molar-refractivity contribution in [1.29, 1.82) is 0 Å². The lowest BCUT2D eigenvalue weighted by Crippen LogP contribution is -2.30. The fourth-order valence-corrected chi connectivity index (χ4v) is 1.12. The van der Waals surface area contributed by atoms with Crippen molar-refractivity contribution in [2.24, 2.45) is 11.6 Å². The Hall–Kier alpha value is -1.59. The van der Waals surface area contributed by atoms with Crippen molar-refractivity contribution in [2.75, 3.05) is 13.2 Å². The topological polar surface area (TPSA) is 90.4 Å². The molecule has 0 saturated carbocycles. The molecule has 15 heavy (non-hydrogen) atoms. The molecule has 1 aromatic carbocycles. The Labute approximate surface area is 88.4 Å². The van der Waals surface area contributed by atoms with Gasteiger partial charge in [-0.1, -0.05) is 12.1 Å². The fourth-order valence-electron chi connectivity index (χ4n) is 1.12. The van der Waals surface area contributed by atoms with Crippen LogP contribution in [0.1, 0.15) is 16.8 Å². The van der Waals surface area contributed by atoms with Crippen molar-refractivity contribution >= 4 is 5.91 Å². The molecule has 5 N–H and O–H groups in total. The summed E-state index contributed by atoms with van der Waals surface area (Å²) in [7, 11) is 0. The Morgan fingerprint density at radius 1 is 1.40 bits per heavy atom. The van der Waals surface area contributed by atoms with E-state index in [0.29, 0.717) is 24.5 Å². The van der Waals surface area contributed by atoms with E-state index in [1.54, 1.807) is 24.3 Å². The largest absolute Gasteiger partial charge is 0.493 e. The number of nitrogens with two attached hydrogens (primary N) is 2. The second-order valence-corrected chi connectivity index (χ2v) is 2.96. The van der Waals surface area contributed by atoms with Crippen LogP contribution in [0.15, 0.2) is 24.3 Å². The lowest BCUT2D eigenvalue weighted by Gasteiger charge is -2.09. The van der Waals surface area contributed by atoms with Gasteiger partial charge in [0.25, 0.3) is 5.91 Å². The molecule has 0 bridgehead atoms. The van der Waals surface area contributed by atoms with E-state index in [0.717, 1.165) is 6.42 Å². The number of carbonyl (C=O) groups excluding carboxylic acids is 1. The number of rotatable bonds is 5. The highest BCUT2D eigenvalue weighted by Crippen LogP contribution is 2.17. The number of hydrazine groups is 1. The van der Waals surface area contributed by atoms with E-state index in [1.807, 2.05) is 0 Å². The van der Waals surface area contributed by atoms with Crippen molar-refractivity contribution in [2.45, 2.75) is 6.42 Å². The average Bonchev–Trinajstić information content (AvgIpc) is 2.29. The highest BCUT2D eigenvalue weighted by molar-refractivity contribution is 5.96. The molecular formula is C10H15N3O2. The van der Waals surface area contributed by atoms with Crippen LogP contribution < -0.4 is 21.7 Å². The van der Waals surface area contributed by atoms with Crippen LogP contribution >= 0.6 is 0 Å². The van der Waals surface area contributed by atoms with Crippen molar-refractivity contribution < 1.29 is 9.53 Å². The molecule has 0 aliphatic heterocycles. The smallest absolute Gasteiger partial charge is 0.268 e. The number of ether oxygens (including phenoxy) is 1. The lowest BCUT2D eigenvalue weighted by atomic mass is 10.2. The van der Waals surface area contributed by atoms with Gasteiger partial charge in [-0.3, -0.25) is 10.2 Å². The quantitative estimate of drug-likeness (QED) is 0.276. The van der Waals surface area contributed by atoms with Gasteiger partial charge in [-0.25, -0.2) is 5.84 Å². The number of amides is 1. The standard InChI is InChI=1S/C10H15N3O2/c11-6-3-7-15-9-5-2-1-4-8(9)10(14)13-12/h1-2,4-5H,3,6-7,11-12H2,(H,13,14). The van der Waals surface area contributed by atoms with Crippen molar-refractivity contribution in [3.8, 4) is 5.75 Å². The van der Waals surface area contributed by atoms with Gasteiger partial charge in [-0.05, 0) is 25.1 Å². The molecule has 5 nitrogen and oxygen atoms in total. The maximum atomic E-state index is 11.3. The molecular weight excluding hydrogens is 194 g/mol. The molecule has 0 radical (unpaired) electrons. The molecule has 0 aromatic heterocycles. The SMILES string of the molecule is NCCCOc1ccccc1C(=O)NN. The summed E-state index contributed by atoms with van der Waals surface area (Å²) in [6.45, 7) is 1.05. The van der Waals surface area contributed by atoms with Crippen LogP contribution in [0, 0.1) is 0 Å². The van der Waals surface area contributed by atoms with E-state index in [-0.39, 0.29) is 5.91 Å². The summed E-state index contributed by atoms with van der Waals surface area (Å²) in [6.07, 6.45) is 0.749. The number of nitrogen functional groups attached to an aromatic ring is 1. The highest BCUT2D eigenvalue weighted by atomic mass is 16.5. The van der Waals surface area contributed by atoms with Gasteiger partial charge in [0.2, 0.25) is 0 Å². The first kappa shape index (κ1) is 11.5. The van der Waals surface area contributed by atoms with Crippen LogP contribution in [-0.4, -0.2) is 19.1 Å². The summed E-state index contributed by atoms with van der Waals surface area (Å²) < 4.78 is 5.40. The van der Waals surface area contributed by atoms with E-state index in [9.17, 15) is 4.79 Å². The monoisotopic (exact) mass is 209 g/mol. The molecule has 82 valence electrons. The maximum absolute atomic E-state index is 11.3. The van der Waals surface area contributed by atoms with Gasteiger partial charge in [-0.2, -0.15) is 0 Å². The predicted octanol–water partition coefficient (Wildman–Crippen LogP) is 0.0177. The van der Waals surface area contributed by atoms with Gasteiger partial charge in [0.1, 0.15) is 5.75 Å². The summed E-state index contributed by atoms with van der Waals surface area (Å²) in [6, 6.07) is 6.92. The summed E-state index contributed by atoms with van der Waals surface area (Å²) >= 11 is 0. The van der Waals surface area contributed by atoms with Crippen LogP contribution in [0.25, 0.3) is 0 Å². The Morgan fingerprint density at radius 2 is 2.13 bits per heavy atom. The Bertz CT molecular complexity index is 328. The van der Waals surface area contributed by atoms with Gasteiger partial charge >= 0.3 is 0 Å². The molecule has 0 heterocycles. The minimum Gasteiger partial charge on any atom is -0.493 e. The third-order valence-corrected chi connectivity index (χ3v) is 1.87. The number of carbonyl (C=O) groups is 1. The van der Waals surface area contributed by atoms with Crippen molar-refractivity contribution in [3.05, 3.63) is 29.8 Å². The average molecular weight is 209 g/mol. The predicted molar refractivity (Wildman–Crippen MR) is 57.3 cm³/mol. The third-order valence-electron chi connectivity index (χ3n) is 1.87. The number of hydrogen-bond acceptors (Lipinski definition) is 4. The normalized spacial score (nSPS) is 9.73. The van der Waals surface area contributed by atoms with E-state index in [2.05, 4.69) is 5.43 Å². The van der Waals surface area contributed by atoms with E-state index in [4.69, 9.17) is 16.3 Å². The second-order valence-electron chi connectivity index (χ2n) is 2.96. The highest BCUT2D eigenvalue weighted by Gasteiger charge is 2.09. The lowest BCUT2D eigenvalue weighted by molar-refractivity contribution is 0.0949. The van der Waals surface area contributed by atoms with Crippen LogP contribution in [0.2, 0.25) is 0 Å². The minimum absolute atomic E-state index is 0.363. The zero-order chi connectivity index (χ0) is 11.1. The van der Waals surface area contributed by atoms with Gasteiger partial charge in [0.05, 0.1) is 12.2 Å². The summed E-state index contributed by atoms with van der Waals surface area (Å²) in [5.74, 6) is 5.21. The summed E-state index contributed by atoms with van der Waals surface area (Å²) in [5.41, 5.74) is 7.83. The summed E-state index contributed by atoms with van der Waals surface area (Å²) in [5, 5.41) is 0. The molecule has 0 spiro atoms. The molecule has 0 aliphatic carbocycles. The zero-order valence-corrected chi connectivity index (χ0v) is 8.40. The van der Waals surface area contributed by atoms with E-state index in [1.165, 1.54) is 0 Å². The molecule has 1 aromatic rings. The fraction of sp³-hybridized carbons (Fsp3) is 0.300. The second kappa shape index (κ2) is 6.00. The third kappa shape index (κ3) is 3.23. The van der Waals surface area contributed by atoms with Gasteiger partial charge in [0.15, 0.2) is 0 Å². The molecule has 0 atom stereocenters. The summed E-state index contributed by atoms with van der Waals surface area (Å²) in [4.78, 5) is 11.3. The first-order valence-corrected chi connectivity index (χ1v) is 4.72. The molecule has 5 heteroatoms. The van der Waals surface area contributed by atoms with Crippen molar-refractivity contribution in [3.63, 3.8) is 0 Å². The number of hydrogen-bond donors (Lipinski definition) is 3. The molecule has 0 aliphatic rings. The number of para-hydroxylation sites is 1. The van der Waals surface area contributed by atoms with Crippen LogP contribution in [0.3, 0.4) is 0 Å². The maximum Gasteiger partial charge on any atom is 0.268 e. The van der Waals surface area contributed by atoms with E-state index < -0.39 is 0 Å². The molecule has 1 amide bonds. The van der Waals surface area contributed by atoms with Crippen LogP contribution in [-0.2, 0) is 0 Å². The molecule has 0 unspecified atom stereocenters. The molecule has 0 fully saturated rings. The minimum atomic E-state index is -0.363.